The van der Waals surface area contributed by atoms with Crippen LogP contribution < -0.4 is 19.7 Å². The van der Waals surface area contributed by atoms with Gasteiger partial charge < -0.3 is 24.4 Å². The van der Waals surface area contributed by atoms with E-state index in [0.717, 1.165) is 34.6 Å². The first-order chi connectivity index (χ1) is 16.5. The van der Waals surface area contributed by atoms with Gasteiger partial charge in [0, 0.05) is 55.6 Å². The molecule has 2 aromatic carbocycles. The highest BCUT2D eigenvalue weighted by molar-refractivity contribution is 5.82. The average Bonchev–Trinajstić information content (AvgIpc) is 3.49. The molecular weight excluding hydrogens is 436 g/mol. The highest BCUT2D eigenvalue weighted by Crippen LogP contribution is 2.34. The van der Waals surface area contributed by atoms with Gasteiger partial charge in [0.15, 0.2) is 0 Å². The van der Waals surface area contributed by atoms with Gasteiger partial charge in [0.2, 0.25) is 0 Å². The number of aromatic nitrogens is 2. The van der Waals surface area contributed by atoms with Gasteiger partial charge in [-0.05, 0) is 18.2 Å². The lowest BCUT2D eigenvalue weighted by Crippen LogP contribution is -2.31. The molecule has 0 bridgehead atoms. The second-order valence-electron chi connectivity index (χ2n) is 8.27. The number of nitrogens with one attached hydrogen (secondary N) is 1. The molecule has 10 nitrogen and oxygen atoms in total. The number of nitrogens with zero attached hydrogens (tertiary/aromatic N) is 5. The molecule has 2 aliphatic rings. The van der Waals surface area contributed by atoms with Gasteiger partial charge in [-0.2, -0.15) is 5.10 Å². The summed E-state index contributed by atoms with van der Waals surface area (Å²) >= 11 is 0. The van der Waals surface area contributed by atoms with Crippen molar-refractivity contribution < 1.29 is 19.0 Å². The molecule has 2 atom stereocenters. The van der Waals surface area contributed by atoms with Crippen LogP contribution in [0.3, 0.4) is 0 Å². The topological polar surface area (TPSA) is 101 Å². The Labute approximate surface area is 197 Å². The standard InChI is InChI=1S/C24H26N6O4/c1-29-13-15(10-27-29)23-12-25-21-5-4-16(8-22(21)28-23)30(14-20-11-26-24(31)34-20)17-6-18(32-2)9-19(7-17)33-3/h4-10,12,15,20H,11,13-14H2,1-3H3,(H,26,31). The lowest BCUT2D eigenvalue weighted by atomic mass is 10.1. The summed E-state index contributed by atoms with van der Waals surface area (Å²) in [5, 5.41) is 8.93. The summed E-state index contributed by atoms with van der Waals surface area (Å²) in [7, 11) is 5.17. The van der Waals surface area contributed by atoms with E-state index in [1.807, 2.05) is 60.9 Å². The van der Waals surface area contributed by atoms with Gasteiger partial charge in [-0.25, -0.2) is 9.78 Å². The number of anilines is 2. The number of methoxy groups -OCH3 is 2. The Morgan fingerprint density at radius 3 is 2.56 bits per heavy atom. The van der Waals surface area contributed by atoms with Crippen LogP contribution in [0, 0.1) is 0 Å². The summed E-state index contributed by atoms with van der Waals surface area (Å²) in [6, 6.07) is 11.6. The van der Waals surface area contributed by atoms with Crippen molar-refractivity contribution in [2.75, 3.05) is 45.8 Å². The van der Waals surface area contributed by atoms with E-state index < -0.39 is 6.09 Å². The van der Waals surface area contributed by atoms with Crippen LogP contribution in [0.2, 0.25) is 0 Å². The molecule has 0 saturated carbocycles. The number of hydrogen-bond donors (Lipinski definition) is 1. The maximum absolute atomic E-state index is 11.6. The summed E-state index contributed by atoms with van der Waals surface area (Å²) in [6.07, 6.45) is 2.98. The summed E-state index contributed by atoms with van der Waals surface area (Å²) in [5.41, 5.74) is 4.18. The maximum atomic E-state index is 11.6. The van der Waals surface area contributed by atoms with Crippen molar-refractivity contribution >= 4 is 34.7 Å². The molecule has 1 aromatic heterocycles. The van der Waals surface area contributed by atoms with Crippen molar-refractivity contribution in [3.63, 3.8) is 0 Å². The van der Waals surface area contributed by atoms with Crippen LogP contribution >= 0.6 is 0 Å². The monoisotopic (exact) mass is 462 g/mol. The van der Waals surface area contributed by atoms with E-state index in [2.05, 4.69) is 20.3 Å². The average molecular weight is 463 g/mol. The number of carbonyl (C=O) groups is 1. The molecule has 3 heterocycles. The molecule has 1 N–H and O–H groups in total. The number of likely N-dealkylation sites (N-methyl/N-ethyl adjacent to an activating group) is 1. The quantitative estimate of drug-likeness (QED) is 0.572. The second kappa shape index (κ2) is 9.05. The molecule has 2 aliphatic heterocycles. The SMILES string of the molecule is COc1cc(OC)cc(N(CC2CNC(=O)O2)c2ccc3ncc(C4C=NN(C)C4)nc3c2)c1. The fraction of sp³-hybridized carbons (Fsp3) is 0.333. The van der Waals surface area contributed by atoms with Crippen LogP contribution in [-0.2, 0) is 4.74 Å². The first kappa shape index (κ1) is 21.7. The number of fused-ring (bicyclic) bond motifs is 1. The Bertz CT molecular complexity index is 1230. The number of hydrazone groups is 1. The molecule has 1 amide bonds. The van der Waals surface area contributed by atoms with Crippen molar-refractivity contribution in [1.82, 2.24) is 20.3 Å². The molecule has 2 unspecified atom stereocenters. The van der Waals surface area contributed by atoms with E-state index in [0.29, 0.717) is 24.6 Å². The third-order valence-corrected chi connectivity index (χ3v) is 5.92. The van der Waals surface area contributed by atoms with E-state index in [9.17, 15) is 4.79 Å². The van der Waals surface area contributed by atoms with Crippen molar-refractivity contribution in [1.29, 1.82) is 0 Å². The first-order valence-corrected chi connectivity index (χ1v) is 11.0. The van der Waals surface area contributed by atoms with Crippen LogP contribution in [0.5, 0.6) is 11.5 Å². The first-order valence-electron chi connectivity index (χ1n) is 11.0. The third kappa shape index (κ3) is 4.39. The largest absolute Gasteiger partial charge is 0.497 e. The van der Waals surface area contributed by atoms with E-state index in [4.69, 9.17) is 19.2 Å². The molecule has 10 heteroatoms. The van der Waals surface area contributed by atoms with Gasteiger partial charge in [-0.3, -0.25) is 9.99 Å². The van der Waals surface area contributed by atoms with Crippen LogP contribution in [0.15, 0.2) is 47.7 Å². The Morgan fingerprint density at radius 2 is 1.91 bits per heavy atom. The number of cyclic esters (lactones) is 1. The van der Waals surface area contributed by atoms with Crippen molar-refractivity contribution in [2.24, 2.45) is 5.10 Å². The Kier molecular flexibility index (Phi) is 5.79. The smallest absolute Gasteiger partial charge is 0.407 e. The van der Waals surface area contributed by atoms with Gasteiger partial charge in [-0.1, -0.05) is 0 Å². The van der Waals surface area contributed by atoms with Gasteiger partial charge in [0.05, 0.1) is 50.0 Å². The van der Waals surface area contributed by atoms with Crippen LogP contribution in [-0.4, -0.2) is 74.3 Å². The summed E-state index contributed by atoms with van der Waals surface area (Å²) in [6.45, 7) is 1.64. The molecule has 1 fully saturated rings. The number of hydrogen-bond acceptors (Lipinski definition) is 9. The molecule has 1 saturated heterocycles. The fourth-order valence-corrected chi connectivity index (χ4v) is 4.15. The molecule has 0 spiro atoms. The van der Waals surface area contributed by atoms with Gasteiger partial charge >= 0.3 is 6.09 Å². The van der Waals surface area contributed by atoms with Crippen molar-refractivity contribution in [2.45, 2.75) is 12.0 Å². The van der Waals surface area contributed by atoms with Crippen molar-refractivity contribution in [3.8, 4) is 11.5 Å². The number of carbonyl (C=O) groups excluding carboxylic acids is 1. The number of alkyl carbamates (subject to hydrolysis) is 1. The van der Waals surface area contributed by atoms with E-state index in [1.54, 1.807) is 14.2 Å². The maximum Gasteiger partial charge on any atom is 0.407 e. The molecular formula is C24H26N6O4. The fourth-order valence-electron chi connectivity index (χ4n) is 4.15. The zero-order valence-electron chi connectivity index (χ0n) is 19.3. The molecule has 0 aliphatic carbocycles. The zero-order chi connectivity index (χ0) is 23.7. The Balaban J connectivity index is 1.55. The summed E-state index contributed by atoms with van der Waals surface area (Å²) in [5.74, 6) is 1.43. The lowest BCUT2D eigenvalue weighted by Gasteiger charge is -2.28. The number of amides is 1. The predicted octanol–water partition coefficient (Wildman–Crippen LogP) is 2.91. The number of benzene rings is 2. The number of ether oxygens (including phenoxy) is 3. The van der Waals surface area contributed by atoms with Crippen LogP contribution in [0.4, 0.5) is 16.2 Å². The second-order valence-corrected chi connectivity index (χ2v) is 8.27. The van der Waals surface area contributed by atoms with Crippen LogP contribution in [0.1, 0.15) is 11.6 Å². The minimum atomic E-state index is -0.412. The third-order valence-electron chi connectivity index (χ3n) is 5.92. The zero-order valence-corrected chi connectivity index (χ0v) is 19.3. The lowest BCUT2D eigenvalue weighted by molar-refractivity contribution is 0.144. The minimum absolute atomic E-state index is 0.105. The van der Waals surface area contributed by atoms with Crippen molar-refractivity contribution in [3.05, 3.63) is 48.3 Å². The minimum Gasteiger partial charge on any atom is -0.497 e. The highest BCUT2D eigenvalue weighted by atomic mass is 16.6. The molecule has 176 valence electrons. The highest BCUT2D eigenvalue weighted by Gasteiger charge is 2.27. The van der Waals surface area contributed by atoms with Crippen LogP contribution in [0.25, 0.3) is 11.0 Å². The van der Waals surface area contributed by atoms with Gasteiger partial charge in [0.25, 0.3) is 0 Å². The molecule has 0 radical (unpaired) electrons. The molecule has 5 rings (SSSR count). The molecule has 34 heavy (non-hydrogen) atoms. The molecule has 3 aromatic rings. The van der Waals surface area contributed by atoms with E-state index in [1.165, 1.54) is 0 Å². The number of rotatable bonds is 7. The predicted molar refractivity (Wildman–Crippen MR) is 128 cm³/mol. The van der Waals surface area contributed by atoms with E-state index in [-0.39, 0.29) is 12.0 Å². The Morgan fingerprint density at radius 1 is 1.12 bits per heavy atom. The van der Waals surface area contributed by atoms with Gasteiger partial charge in [-0.15, -0.1) is 0 Å². The summed E-state index contributed by atoms with van der Waals surface area (Å²) < 4.78 is 16.4. The normalized spacial score (nSPS) is 19.3. The van der Waals surface area contributed by atoms with Gasteiger partial charge in [0.1, 0.15) is 17.6 Å². The van der Waals surface area contributed by atoms with E-state index >= 15 is 0 Å². The Hall–Kier alpha value is -4.08. The summed E-state index contributed by atoms with van der Waals surface area (Å²) in [4.78, 5) is 23.2.